The van der Waals surface area contributed by atoms with E-state index in [1.807, 2.05) is 12.1 Å². The Labute approximate surface area is 200 Å². The first-order chi connectivity index (χ1) is 16.1. The largest absolute Gasteiger partial charge is 0.384 e. The fourth-order valence-electron chi connectivity index (χ4n) is 6.24. The summed E-state index contributed by atoms with van der Waals surface area (Å²) in [5.74, 6) is -2.88. The zero-order chi connectivity index (χ0) is 24.5. The Morgan fingerprint density at radius 3 is 2.41 bits per heavy atom. The van der Waals surface area contributed by atoms with E-state index < -0.39 is 17.9 Å². The molecule has 0 aromatic heterocycles. The van der Waals surface area contributed by atoms with Crippen LogP contribution in [0.4, 0.5) is 8.78 Å². The lowest BCUT2D eigenvalue weighted by molar-refractivity contribution is -0.141. The lowest BCUT2D eigenvalue weighted by Gasteiger charge is -2.41. The maximum Gasteiger partial charge on any atom is 0.251 e. The maximum atomic E-state index is 13.6. The Balaban J connectivity index is 1.36. The van der Waals surface area contributed by atoms with Crippen LogP contribution < -0.4 is 5.73 Å². The summed E-state index contributed by atoms with van der Waals surface area (Å²) < 4.78 is 27.1. The standard InChI is InChI=1S/C26H37F2N3O3/c1-17(32)25(34)30(16-18-7-9-26(27,28)10-8-18)11-12-31-22-5-6-23(31)15-21(14-22)19-3-2-4-20(13-19)24(29)33/h2-4,13,17-18,21-23,32H,5-12,14-16H2,1H3,(H2,29,33)/t17-,21?,22-,23+/m0/s1. The molecule has 2 aliphatic heterocycles. The molecular weight excluding hydrogens is 440 g/mol. The molecule has 188 valence electrons. The van der Waals surface area contributed by atoms with Crippen molar-refractivity contribution in [2.75, 3.05) is 19.6 Å². The van der Waals surface area contributed by atoms with Gasteiger partial charge in [0, 0.05) is 50.1 Å². The minimum Gasteiger partial charge on any atom is -0.384 e. The monoisotopic (exact) mass is 477 g/mol. The number of halogens is 2. The summed E-state index contributed by atoms with van der Waals surface area (Å²) in [6.45, 7) is 3.14. The number of nitrogens with two attached hydrogens (primary N) is 1. The van der Waals surface area contributed by atoms with E-state index in [4.69, 9.17) is 5.73 Å². The summed E-state index contributed by atoms with van der Waals surface area (Å²) in [6, 6.07) is 8.46. The summed E-state index contributed by atoms with van der Waals surface area (Å²) in [4.78, 5) is 28.5. The van der Waals surface area contributed by atoms with Gasteiger partial charge in [-0.2, -0.15) is 0 Å². The molecule has 3 aliphatic rings. The number of alkyl halides is 2. The fourth-order valence-corrected chi connectivity index (χ4v) is 6.24. The molecule has 8 heteroatoms. The van der Waals surface area contributed by atoms with Crippen LogP contribution in [0.2, 0.25) is 0 Å². The van der Waals surface area contributed by atoms with E-state index in [-0.39, 0.29) is 24.7 Å². The smallest absolute Gasteiger partial charge is 0.251 e. The number of hydrogen-bond donors (Lipinski definition) is 2. The van der Waals surface area contributed by atoms with Gasteiger partial charge in [-0.3, -0.25) is 14.5 Å². The van der Waals surface area contributed by atoms with E-state index >= 15 is 0 Å². The van der Waals surface area contributed by atoms with Crippen molar-refractivity contribution in [2.45, 2.75) is 88.3 Å². The molecule has 0 radical (unpaired) electrons. The van der Waals surface area contributed by atoms with Crippen LogP contribution in [0, 0.1) is 5.92 Å². The van der Waals surface area contributed by atoms with Crippen molar-refractivity contribution in [1.29, 1.82) is 0 Å². The molecule has 2 heterocycles. The van der Waals surface area contributed by atoms with Crippen molar-refractivity contribution in [1.82, 2.24) is 9.80 Å². The summed E-state index contributed by atoms with van der Waals surface area (Å²) in [7, 11) is 0. The third-order valence-corrected chi connectivity index (χ3v) is 8.14. The molecule has 6 nitrogen and oxygen atoms in total. The first-order valence-electron chi connectivity index (χ1n) is 12.6. The summed E-state index contributed by atoms with van der Waals surface area (Å²) >= 11 is 0. The molecule has 2 saturated heterocycles. The number of nitrogens with zero attached hydrogens (tertiary/aromatic N) is 2. The lowest BCUT2D eigenvalue weighted by atomic mass is 9.84. The number of fused-ring (bicyclic) bond motifs is 2. The van der Waals surface area contributed by atoms with Gasteiger partial charge in [-0.05, 0) is 75.0 Å². The van der Waals surface area contributed by atoms with Crippen molar-refractivity contribution in [3.63, 3.8) is 0 Å². The van der Waals surface area contributed by atoms with Gasteiger partial charge in [-0.1, -0.05) is 12.1 Å². The molecule has 2 bridgehead atoms. The van der Waals surface area contributed by atoms with Gasteiger partial charge >= 0.3 is 0 Å². The molecule has 1 aromatic carbocycles. The first-order valence-corrected chi connectivity index (χ1v) is 12.6. The normalized spacial score (nSPS) is 27.9. The van der Waals surface area contributed by atoms with Gasteiger partial charge < -0.3 is 15.7 Å². The SMILES string of the molecule is C[C@H](O)C(=O)N(CCN1[C@@H]2CC[C@H]1CC(c1cccc(C(N)=O)c1)C2)CC1CCC(F)(F)CC1. The number of aliphatic hydroxyl groups excluding tert-OH is 1. The lowest BCUT2D eigenvalue weighted by Crippen LogP contribution is -2.49. The minimum atomic E-state index is -2.59. The molecule has 1 aromatic rings. The molecular formula is C26H37F2N3O3. The third kappa shape index (κ3) is 5.77. The number of benzene rings is 1. The highest BCUT2D eigenvalue weighted by atomic mass is 19.3. The zero-order valence-corrected chi connectivity index (χ0v) is 20.0. The average Bonchev–Trinajstić information content (AvgIpc) is 3.03. The van der Waals surface area contributed by atoms with Crippen LogP contribution in [0.15, 0.2) is 24.3 Å². The van der Waals surface area contributed by atoms with Crippen LogP contribution in [0.3, 0.4) is 0 Å². The number of aliphatic hydroxyl groups is 1. The molecule has 34 heavy (non-hydrogen) atoms. The Morgan fingerprint density at radius 2 is 1.82 bits per heavy atom. The van der Waals surface area contributed by atoms with Crippen LogP contribution in [-0.4, -0.2) is 70.5 Å². The zero-order valence-electron chi connectivity index (χ0n) is 20.0. The second-order valence-electron chi connectivity index (χ2n) is 10.5. The van der Waals surface area contributed by atoms with E-state index in [1.165, 1.54) is 6.92 Å². The highest BCUT2D eigenvalue weighted by Crippen LogP contribution is 2.43. The van der Waals surface area contributed by atoms with E-state index in [0.29, 0.717) is 49.5 Å². The number of amides is 2. The number of hydrogen-bond acceptors (Lipinski definition) is 4. The van der Waals surface area contributed by atoms with Crippen LogP contribution in [-0.2, 0) is 4.79 Å². The van der Waals surface area contributed by atoms with E-state index in [2.05, 4.69) is 11.0 Å². The number of primary amides is 1. The Morgan fingerprint density at radius 1 is 1.18 bits per heavy atom. The predicted octanol–water partition coefficient (Wildman–Crippen LogP) is 3.53. The van der Waals surface area contributed by atoms with Gasteiger partial charge in [0.25, 0.3) is 5.91 Å². The van der Waals surface area contributed by atoms with Crippen molar-refractivity contribution in [3.8, 4) is 0 Å². The number of carbonyl (C=O) groups is 2. The molecule has 1 aliphatic carbocycles. The summed E-state index contributed by atoms with van der Waals surface area (Å²) in [6.07, 6.45) is 3.71. The maximum absolute atomic E-state index is 13.6. The minimum absolute atomic E-state index is 0.0577. The van der Waals surface area contributed by atoms with Crippen LogP contribution >= 0.6 is 0 Å². The summed E-state index contributed by atoms with van der Waals surface area (Å²) in [5.41, 5.74) is 7.16. The highest BCUT2D eigenvalue weighted by molar-refractivity contribution is 5.92. The highest BCUT2D eigenvalue weighted by Gasteiger charge is 2.41. The number of rotatable bonds is 8. The van der Waals surface area contributed by atoms with Crippen LogP contribution in [0.5, 0.6) is 0 Å². The third-order valence-electron chi connectivity index (χ3n) is 8.14. The van der Waals surface area contributed by atoms with Gasteiger partial charge in [0.15, 0.2) is 0 Å². The number of carbonyl (C=O) groups excluding carboxylic acids is 2. The molecule has 1 saturated carbocycles. The molecule has 4 atom stereocenters. The Kier molecular flexibility index (Phi) is 7.57. The Bertz CT molecular complexity index is 870. The topological polar surface area (TPSA) is 86.9 Å². The second kappa shape index (κ2) is 10.3. The van der Waals surface area contributed by atoms with Crippen LogP contribution in [0.25, 0.3) is 0 Å². The van der Waals surface area contributed by atoms with Gasteiger partial charge in [0.1, 0.15) is 6.10 Å². The van der Waals surface area contributed by atoms with Crippen molar-refractivity contribution in [2.24, 2.45) is 11.7 Å². The first kappa shape index (κ1) is 25.0. The average molecular weight is 478 g/mol. The quantitative estimate of drug-likeness (QED) is 0.600. The Hall–Kier alpha value is -2.06. The number of piperidine rings is 1. The van der Waals surface area contributed by atoms with E-state index in [0.717, 1.165) is 37.8 Å². The van der Waals surface area contributed by atoms with Crippen molar-refractivity contribution < 1.29 is 23.5 Å². The van der Waals surface area contributed by atoms with Gasteiger partial charge in [0.2, 0.25) is 11.8 Å². The van der Waals surface area contributed by atoms with Crippen molar-refractivity contribution >= 4 is 11.8 Å². The second-order valence-corrected chi connectivity index (χ2v) is 10.5. The van der Waals surface area contributed by atoms with Gasteiger partial charge in [-0.25, -0.2) is 8.78 Å². The molecule has 0 spiro atoms. The van der Waals surface area contributed by atoms with Gasteiger partial charge in [0.05, 0.1) is 0 Å². The van der Waals surface area contributed by atoms with E-state index in [1.54, 1.807) is 11.0 Å². The predicted molar refractivity (Wildman–Crippen MR) is 126 cm³/mol. The van der Waals surface area contributed by atoms with E-state index in [9.17, 15) is 23.5 Å². The van der Waals surface area contributed by atoms with Crippen molar-refractivity contribution in [3.05, 3.63) is 35.4 Å². The van der Waals surface area contributed by atoms with Crippen LogP contribution in [0.1, 0.15) is 80.1 Å². The molecule has 3 fully saturated rings. The molecule has 3 N–H and O–H groups in total. The molecule has 2 amide bonds. The molecule has 4 rings (SSSR count). The van der Waals surface area contributed by atoms with Gasteiger partial charge in [-0.15, -0.1) is 0 Å². The summed E-state index contributed by atoms with van der Waals surface area (Å²) in [5, 5.41) is 9.92. The fraction of sp³-hybridized carbons (Fsp3) is 0.692. The molecule has 1 unspecified atom stereocenters.